The maximum Gasteiger partial charge on any atom is 0.0256 e. The molecule has 0 nitrogen and oxygen atoms in total. The van der Waals surface area contributed by atoms with Gasteiger partial charge in [0, 0.05) is 4.47 Å². The van der Waals surface area contributed by atoms with Gasteiger partial charge in [0.2, 0.25) is 0 Å². The van der Waals surface area contributed by atoms with E-state index in [-0.39, 0.29) is 5.41 Å². The highest BCUT2D eigenvalue weighted by molar-refractivity contribution is 9.10. The van der Waals surface area contributed by atoms with Crippen molar-refractivity contribution < 1.29 is 0 Å². The molecule has 0 atom stereocenters. The second-order valence-corrected chi connectivity index (χ2v) is 6.13. The van der Waals surface area contributed by atoms with Crippen LogP contribution in [0.25, 0.3) is 11.1 Å². The first kappa shape index (κ1) is 12.4. The van der Waals surface area contributed by atoms with Gasteiger partial charge in [-0.3, -0.25) is 0 Å². The van der Waals surface area contributed by atoms with Gasteiger partial charge in [0.25, 0.3) is 0 Å². The zero-order chi connectivity index (χ0) is 12.5. The molecular weight excluding hydrogens is 272 g/mol. The zero-order valence-corrected chi connectivity index (χ0v) is 12.1. The average Bonchev–Trinajstić information content (AvgIpc) is 2.28. The maximum absolute atomic E-state index is 3.68. The summed E-state index contributed by atoms with van der Waals surface area (Å²) in [5.41, 5.74) is 4.10. The summed E-state index contributed by atoms with van der Waals surface area (Å²) >= 11 is 3.68. The molecule has 0 N–H and O–H groups in total. The number of hydrogen-bond donors (Lipinski definition) is 0. The van der Waals surface area contributed by atoms with E-state index in [9.17, 15) is 0 Å². The third-order valence-electron chi connectivity index (χ3n) is 2.88. The van der Waals surface area contributed by atoms with Gasteiger partial charge in [-0.25, -0.2) is 0 Å². The fourth-order valence-corrected chi connectivity index (χ4v) is 2.64. The number of hydrogen-bond acceptors (Lipinski definition) is 0. The molecule has 0 aliphatic carbocycles. The fraction of sp³-hybridized carbons (Fsp3) is 0.250. The van der Waals surface area contributed by atoms with Gasteiger partial charge in [0.15, 0.2) is 0 Å². The zero-order valence-electron chi connectivity index (χ0n) is 10.5. The minimum absolute atomic E-state index is 0.148. The first-order valence-corrected chi connectivity index (χ1v) is 6.64. The Hall–Kier alpha value is -1.08. The van der Waals surface area contributed by atoms with E-state index in [1.54, 1.807) is 0 Å². The van der Waals surface area contributed by atoms with Gasteiger partial charge in [-0.15, -0.1) is 0 Å². The summed E-state index contributed by atoms with van der Waals surface area (Å²) in [6.07, 6.45) is 0. The predicted octanol–water partition coefficient (Wildman–Crippen LogP) is 5.41. The van der Waals surface area contributed by atoms with Gasteiger partial charge < -0.3 is 0 Å². The summed E-state index contributed by atoms with van der Waals surface area (Å²) in [5.74, 6) is 0. The van der Waals surface area contributed by atoms with E-state index in [1.807, 2.05) is 0 Å². The fourth-order valence-electron chi connectivity index (χ4n) is 2.05. The van der Waals surface area contributed by atoms with Crippen molar-refractivity contribution in [3.05, 3.63) is 58.6 Å². The highest BCUT2D eigenvalue weighted by atomic mass is 79.9. The van der Waals surface area contributed by atoms with Crippen LogP contribution >= 0.6 is 15.9 Å². The van der Waals surface area contributed by atoms with Crippen molar-refractivity contribution in [2.24, 2.45) is 0 Å². The molecule has 0 aliphatic rings. The van der Waals surface area contributed by atoms with Gasteiger partial charge in [-0.1, -0.05) is 79.2 Å². The third-order valence-corrected chi connectivity index (χ3v) is 3.54. The molecule has 0 aromatic heterocycles. The van der Waals surface area contributed by atoms with Crippen LogP contribution in [0.1, 0.15) is 26.3 Å². The summed E-state index contributed by atoms with van der Waals surface area (Å²) in [7, 11) is 0. The van der Waals surface area contributed by atoms with Gasteiger partial charge >= 0.3 is 0 Å². The van der Waals surface area contributed by atoms with Gasteiger partial charge in [-0.2, -0.15) is 0 Å². The Labute approximate surface area is 112 Å². The van der Waals surface area contributed by atoms with E-state index in [0.717, 1.165) is 4.47 Å². The van der Waals surface area contributed by atoms with Crippen LogP contribution < -0.4 is 0 Å². The van der Waals surface area contributed by atoms with Crippen molar-refractivity contribution in [1.29, 1.82) is 0 Å². The molecule has 0 amide bonds. The van der Waals surface area contributed by atoms with Crippen LogP contribution in [0.3, 0.4) is 0 Å². The lowest BCUT2D eigenvalue weighted by Crippen LogP contribution is -2.12. The molecule has 0 fully saturated rings. The molecule has 0 radical (unpaired) electrons. The van der Waals surface area contributed by atoms with Crippen molar-refractivity contribution in [2.45, 2.75) is 26.2 Å². The first-order chi connectivity index (χ1) is 8.00. The highest BCUT2D eigenvalue weighted by Crippen LogP contribution is 2.37. The molecule has 2 aromatic carbocycles. The molecule has 1 heteroatoms. The molecular formula is C16H17Br. The van der Waals surface area contributed by atoms with Crippen molar-refractivity contribution >= 4 is 15.9 Å². The Morgan fingerprint density at radius 2 is 1.47 bits per heavy atom. The molecule has 0 heterocycles. The van der Waals surface area contributed by atoms with Gasteiger partial charge in [0.1, 0.15) is 0 Å². The van der Waals surface area contributed by atoms with E-state index >= 15 is 0 Å². The average molecular weight is 289 g/mol. The monoisotopic (exact) mass is 288 g/mol. The molecule has 0 bridgehead atoms. The molecule has 0 unspecified atom stereocenters. The standard InChI is InChI=1S/C16H17Br/c1-16(2,3)13-10-7-11-14(17)15(13)12-8-5-4-6-9-12/h4-11H,1-3H3. The molecule has 2 rings (SSSR count). The largest absolute Gasteiger partial charge is 0.0622 e. The summed E-state index contributed by atoms with van der Waals surface area (Å²) in [6.45, 7) is 6.75. The second-order valence-electron chi connectivity index (χ2n) is 5.28. The minimum atomic E-state index is 0.148. The van der Waals surface area contributed by atoms with Crippen LogP contribution in [0.4, 0.5) is 0 Å². The van der Waals surface area contributed by atoms with Crippen molar-refractivity contribution in [1.82, 2.24) is 0 Å². The van der Waals surface area contributed by atoms with Crippen LogP contribution in [-0.2, 0) is 5.41 Å². The molecule has 88 valence electrons. The maximum atomic E-state index is 3.68. The Balaban J connectivity index is 2.69. The minimum Gasteiger partial charge on any atom is -0.0622 e. The van der Waals surface area contributed by atoms with Crippen molar-refractivity contribution in [3.8, 4) is 11.1 Å². The predicted molar refractivity (Wildman–Crippen MR) is 78.3 cm³/mol. The molecule has 2 aromatic rings. The molecule has 0 spiro atoms. The Bertz CT molecular complexity index is 507. The van der Waals surface area contributed by atoms with Gasteiger partial charge in [0.05, 0.1) is 0 Å². The quantitative estimate of drug-likeness (QED) is 0.658. The summed E-state index contributed by atoms with van der Waals surface area (Å²) in [4.78, 5) is 0. The highest BCUT2D eigenvalue weighted by Gasteiger charge is 2.19. The normalized spacial score (nSPS) is 11.5. The first-order valence-electron chi connectivity index (χ1n) is 5.84. The van der Waals surface area contributed by atoms with Crippen LogP contribution in [0.15, 0.2) is 53.0 Å². The van der Waals surface area contributed by atoms with E-state index in [0.29, 0.717) is 0 Å². The summed E-state index contributed by atoms with van der Waals surface area (Å²) in [5, 5.41) is 0. The summed E-state index contributed by atoms with van der Waals surface area (Å²) in [6, 6.07) is 17.0. The van der Waals surface area contributed by atoms with E-state index in [4.69, 9.17) is 0 Å². The van der Waals surface area contributed by atoms with Crippen LogP contribution in [-0.4, -0.2) is 0 Å². The van der Waals surface area contributed by atoms with E-state index in [1.165, 1.54) is 16.7 Å². The van der Waals surface area contributed by atoms with Crippen LogP contribution in [0.5, 0.6) is 0 Å². The SMILES string of the molecule is CC(C)(C)c1cccc(Br)c1-c1ccccc1. The van der Waals surface area contributed by atoms with Crippen molar-refractivity contribution in [2.75, 3.05) is 0 Å². The smallest absolute Gasteiger partial charge is 0.0256 e. The van der Waals surface area contributed by atoms with Crippen LogP contribution in [0, 0.1) is 0 Å². The lowest BCUT2D eigenvalue weighted by molar-refractivity contribution is 0.591. The van der Waals surface area contributed by atoms with Crippen LogP contribution in [0.2, 0.25) is 0 Å². The van der Waals surface area contributed by atoms with E-state index in [2.05, 4.69) is 85.2 Å². The molecule has 0 saturated heterocycles. The molecule has 17 heavy (non-hydrogen) atoms. The Morgan fingerprint density at radius 3 is 2.06 bits per heavy atom. The topological polar surface area (TPSA) is 0 Å². The molecule has 0 saturated carbocycles. The van der Waals surface area contributed by atoms with Crippen molar-refractivity contribution in [3.63, 3.8) is 0 Å². The lowest BCUT2D eigenvalue weighted by atomic mass is 9.82. The number of halogens is 1. The number of rotatable bonds is 1. The Kier molecular flexibility index (Phi) is 3.39. The second kappa shape index (κ2) is 4.66. The van der Waals surface area contributed by atoms with E-state index < -0.39 is 0 Å². The van der Waals surface area contributed by atoms with Gasteiger partial charge in [-0.05, 0) is 28.2 Å². The third kappa shape index (κ3) is 2.61. The lowest BCUT2D eigenvalue weighted by Gasteiger charge is -2.24. The summed E-state index contributed by atoms with van der Waals surface area (Å²) < 4.78 is 1.16. The number of benzene rings is 2. The Morgan fingerprint density at radius 1 is 0.824 bits per heavy atom. The molecule has 0 aliphatic heterocycles.